The largest absolute Gasteiger partial charge is 0.310 e. The Morgan fingerprint density at radius 2 is 0.917 bits per heavy atom. The van der Waals surface area contributed by atoms with Crippen molar-refractivity contribution < 1.29 is 0 Å². The summed E-state index contributed by atoms with van der Waals surface area (Å²) in [5.74, 6) is 0. The molecule has 10 aromatic carbocycles. The van der Waals surface area contributed by atoms with Crippen LogP contribution < -0.4 is 4.90 Å². The van der Waals surface area contributed by atoms with Crippen molar-refractivity contribution in [1.82, 2.24) is 14.5 Å². The summed E-state index contributed by atoms with van der Waals surface area (Å²) in [4.78, 5) is 12.7. The summed E-state index contributed by atoms with van der Waals surface area (Å²) in [5.41, 5.74) is 12.9. The summed E-state index contributed by atoms with van der Waals surface area (Å²) in [7, 11) is 0. The summed E-state index contributed by atoms with van der Waals surface area (Å²) < 4.78 is 2.36. The van der Waals surface area contributed by atoms with Gasteiger partial charge in [-0.3, -0.25) is 4.98 Å². The van der Waals surface area contributed by atoms with E-state index in [1.165, 1.54) is 54.5 Å². The van der Waals surface area contributed by atoms with E-state index in [1.54, 1.807) is 0 Å². The van der Waals surface area contributed by atoms with E-state index in [0.29, 0.717) is 0 Å². The van der Waals surface area contributed by atoms with Gasteiger partial charge in [0.1, 0.15) is 0 Å². The van der Waals surface area contributed by atoms with Gasteiger partial charge in [0.15, 0.2) is 0 Å². The van der Waals surface area contributed by atoms with E-state index in [0.717, 1.165) is 55.8 Å². The summed E-state index contributed by atoms with van der Waals surface area (Å²) in [6, 6.07) is 76.0. The molecule has 12 rings (SSSR count). The van der Waals surface area contributed by atoms with Crippen molar-refractivity contribution in [3.8, 4) is 28.1 Å². The molecule has 0 aliphatic heterocycles. The van der Waals surface area contributed by atoms with Crippen LogP contribution in [0.15, 0.2) is 219 Å². The van der Waals surface area contributed by atoms with Gasteiger partial charge >= 0.3 is 0 Å². The van der Waals surface area contributed by atoms with Gasteiger partial charge < -0.3 is 9.47 Å². The Bertz CT molecular complexity index is 3550. The normalized spacial score (nSPS) is 11.7. The van der Waals surface area contributed by atoms with Gasteiger partial charge in [-0.2, -0.15) is 0 Å². The number of fused-ring (bicyclic) bond motifs is 10. The van der Waals surface area contributed by atoms with E-state index < -0.39 is 0 Å². The molecule has 0 aliphatic rings. The van der Waals surface area contributed by atoms with Crippen LogP contribution >= 0.6 is 0 Å². The van der Waals surface area contributed by atoms with Crippen LogP contribution in [0.1, 0.15) is 0 Å². The Morgan fingerprint density at radius 1 is 0.367 bits per heavy atom. The van der Waals surface area contributed by atoms with Crippen molar-refractivity contribution in [2.45, 2.75) is 0 Å². The molecule has 2 heterocycles. The first-order chi connectivity index (χ1) is 29.8. The zero-order valence-corrected chi connectivity index (χ0v) is 32.6. The molecule has 0 bridgehead atoms. The average Bonchev–Trinajstić information content (AvgIpc) is 3.66. The molecule has 0 fully saturated rings. The van der Waals surface area contributed by atoms with Crippen molar-refractivity contribution in [2.24, 2.45) is 0 Å². The Morgan fingerprint density at radius 3 is 1.65 bits per heavy atom. The number of anilines is 3. The van der Waals surface area contributed by atoms with Crippen LogP contribution in [0.3, 0.4) is 0 Å². The highest BCUT2D eigenvalue weighted by molar-refractivity contribution is 6.23. The fourth-order valence-corrected chi connectivity index (χ4v) is 9.18. The van der Waals surface area contributed by atoms with Gasteiger partial charge in [0.05, 0.1) is 39.6 Å². The van der Waals surface area contributed by atoms with Gasteiger partial charge in [-0.15, -0.1) is 0 Å². The Kier molecular flexibility index (Phi) is 7.82. The molecule has 2 aromatic heterocycles. The molecule has 0 unspecified atom stereocenters. The molecule has 4 heteroatoms. The van der Waals surface area contributed by atoms with Crippen LogP contribution in [0.4, 0.5) is 17.1 Å². The monoisotopic (exact) mass is 764 g/mol. The topological polar surface area (TPSA) is 34.0 Å². The highest BCUT2D eigenvalue weighted by Gasteiger charge is 2.18. The minimum atomic E-state index is 0.847. The molecule has 12 aromatic rings. The summed E-state index contributed by atoms with van der Waals surface area (Å²) in [6.07, 6.45) is 1.91. The van der Waals surface area contributed by atoms with Gasteiger partial charge in [-0.1, -0.05) is 152 Å². The van der Waals surface area contributed by atoms with E-state index in [1.807, 2.05) is 6.20 Å². The fraction of sp³-hybridized carbons (Fsp3) is 0. The first-order valence-electron chi connectivity index (χ1n) is 20.4. The molecular weight excluding hydrogens is 729 g/mol. The third-order valence-corrected chi connectivity index (χ3v) is 12.0. The van der Waals surface area contributed by atoms with Crippen molar-refractivity contribution >= 4 is 82.2 Å². The predicted octanol–water partition coefficient (Wildman–Crippen LogP) is 15.0. The number of aromatic nitrogens is 3. The molecule has 4 nitrogen and oxygen atoms in total. The maximum Gasteiger partial charge on any atom is 0.0979 e. The summed E-state index contributed by atoms with van der Waals surface area (Å²) >= 11 is 0. The Labute approximate surface area is 346 Å². The molecule has 0 amide bonds. The van der Waals surface area contributed by atoms with E-state index in [2.05, 4.69) is 222 Å². The first-order valence-corrected chi connectivity index (χ1v) is 20.4. The van der Waals surface area contributed by atoms with Gasteiger partial charge in [-0.25, -0.2) is 4.98 Å². The average molecular weight is 765 g/mol. The molecule has 0 saturated carbocycles. The zero-order valence-electron chi connectivity index (χ0n) is 32.6. The number of benzene rings is 10. The molecule has 0 aliphatic carbocycles. The van der Waals surface area contributed by atoms with E-state index in [4.69, 9.17) is 9.97 Å². The Hall–Kier alpha value is -8.08. The molecule has 0 radical (unpaired) electrons. The number of hydrogen-bond donors (Lipinski definition) is 0. The molecular formula is C56H36N4. The first kappa shape index (κ1) is 34.0. The SMILES string of the molecule is c1ccc(-n2c3ccccc3c3cc(-c4ccc(N(c5ccc(-c6cnc7c8ccccc8c8ccccc8c7n6)cc5)c5cccc6ccccc56)cc4)ccc32)cc1. The van der Waals surface area contributed by atoms with E-state index >= 15 is 0 Å². The third-order valence-electron chi connectivity index (χ3n) is 12.0. The van der Waals surface area contributed by atoms with Crippen molar-refractivity contribution in [3.05, 3.63) is 219 Å². The highest BCUT2D eigenvalue weighted by Crippen LogP contribution is 2.41. The molecule has 0 atom stereocenters. The zero-order chi connectivity index (χ0) is 39.6. The van der Waals surface area contributed by atoms with Crippen LogP contribution in [-0.4, -0.2) is 14.5 Å². The second-order valence-corrected chi connectivity index (χ2v) is 15.4. The summed E-state index contributed by atoms with van der Waals surface area (Å²) in [6.45, 7) is 0. The number of nitrogens with zero attached hydrogens (tertiary/aromatic N) is 4. The van der Waals surface area contributed by atoms with Crippen LogP contribution in [-0.2, 0) is 0 Å². The van der Waals surface area contributed by atoms with E-state index in [9.17, 15) is 0 Å². The fourth-order valence-electron chi connectivity index (χ4n) is 9.18. The summed E-state index contributed by atoms with van der Waals surface area (Å²) in [5, 5.41) is 9.49. The minimum absolute atomic E-state index is 0.847. The molecule has 0 saturated heterocycles. The van der Waals surface area contributed by atoms with Crippen molar-refractivity contribution in [1.29, 1.82) is 0 Å². The number of para-hydroxylation sites is 2. The third kappa shape index (κ3) is 5.46. The highest BCUT2D eigenvalue weighted by atomic mass is 15.1. The van der Waals surface area contributed by atoms with Crippen molar-refractivity contribution in [2.75, 3.05) is 4.90 Å². The van der Waals surface area contributed by atoms with Crippen LogP contribution in [0.2, 0.25) is 0 Å². The second-order valence-electron chi connectivity index (χ2n) is 15.4. The molecule has 0 N–H and O–H groups in total. The van der Waals surface area contributed by atoms with Gasteiger partial charge in [-0.05, 0) is 87.9 Å². The Balaban J connectivity index is 0.948. The minimum Gasteiger partial charge on any atom is -0.310 e. The van der Waals surface area contributed by atoms with Crippen molar-refractivity contribution in [3.63, 3.8) is 0 Å². The molecule has 60 heavy (non-hydrogen) atoms. The maximum absolute atomic E-state index is 5.27. The maximum atomic E-state index is 5.27. The van der Waals surface area contributed by atoms with Crippen LogP contribution in [0, 0.1) is 0 Å². The van der Waals surface area contributed by atoms with Gasteiger partial charge in [0.2, 0.25) is 0 Å². The lowest BCUT2D eigenvalue weighted by atomic mass is 9.99. The lowest BCUT2D eigenvalue weighted by Crippen LogP contribution is -2.10. The predicted molar refractivity (Wildman–Crippen MR) is 252 cm³/mol. The second kappa shape index (κ2) is 13.8. The van der Waals surface area contributed by atoms with Gasteiger partial charge in [0.25, 0.3) is 0 Å². The van der Waals surface area contributed by atoms with Gasteiger partial charge in [0, 0.05) is 49.6 Å². The van der Waals surface area contributed by atoms with Crippen LogP contribution in [0.5, 0.6) is 0 Å². The standard InChI is InChI=1S/C56H36N4/c1-2-15-41(16-3-1)60-53-23-11-10-20-47(53)50-35-40(29-34-54(50)60)37-25-30-42(31-26-37)59(52-24-12-14-38-13-4-5-17-44(38)52)43-32-27-39(28-33-43)51-36-57-55-48-21-8-6-18-45(48)46-19-7-9-22-49(46)56(55)58-51/h1-36H. The molecule has 280 valence electrons. The van der Waals surface area contributed by atoms with E-state index in [-0.39, 0.29) is 0 Å². The number of hydrogen-bond acceptors (Lipinski definition) is 3. The lowest BCUT2D eigenvalue weighted by molar-refractivity contribution is 1.18. The lowest BCUT2D eigenvalue weighted by Gasteiger charge is -2.27. The molecule has 0 spiro atoms. The number of rotatable bonds is 6. The smallest absolute Gasteiger partial charge is 0.0979 e. The van der Waals surface area contributed by atoms with Crippen LogP contribution in [0.25, 0.3) is 93.2 Å². The quantitative estimate of drug-likeness (QED) is 0.158.